The first-order chi connectivity index (χ1) is 10.6. The molecule has 0 radical (unpaired) electrons. The third-order valence-electron chi connectivity index (χ3n) is 5.24. The summed E-state index contributed by atoms with van der Waals surface area (Å²) in [4.78, 5) is 19.3. The van der Waals surface area contributed by atoms with E-state index in [0.29, 0.717) is 17.7 Å². The fraction of sp³-hybridized carbons (Fsp3) is 0.529. The number of aromatic nitrogens is 1. The van der Waals surface area contributed by atoms with Crippen molar-refractivity contribution in [3.8, 4) is 0 Å². The molecule has 116 valence electrons. The summed E-state index contributed by atoms with van der Waals surface area (Å²) >= 11 is 0. The number of carbonyl (C=O) groups is 1. The quantitative estimate of drug-likeness (QED) is 0.925. The smallest absolute Gasteiger partial charge is 0.270 e. The monoisotopic (exact) mass is 299 g/mol. The molecular weight excluding hydrogens is 278 g/mol. The molecule has 22 heavy (non-hydrogen) atoms. The average Bonchev–Trinajstić information content (AvgIpc) is 2.90. The van der Waals surface area contributed by atoms with E-state index in [1.807, 2.05) is 19.1 Å². The molecule has 3 aliphatic heterocycles. The number of carbonyl (C=O) groups excluding carboxylic acids is 1. The first-order valence-corrected chi connectivity index (χ1v) is 8.03. The van der Waals surface area contributed by atoms with Gasteiger partial charge in [0.05, 0.1) is 6.20 Å². The molecule has 1 amide bonds. The minimum absolute atomic E-state index is 0.0775. The van der Waals surface area contributed by atoms with Gasteiger partial charge in [-0.1, -0.05) is 0 Å². The van der Waals surface area contributed by atoms with Crippen LogP contribution < -0.4 is 5.32 Å². The van der Waals surface area contributed by atoms with Crippen LogP contribution >= 0.6 is 0 Å². The van der Waals surface area contributed by atoms with Gasteiger partial charge in [-0.05, 0) is 57.8 Å². The van der Waals surface area contributed by atoms with E-state index in [0.717, 1.165) is 29.8 Å². The maximum Gasteiger partial charge on any atom is 0.270 e. The zero-order valence-electron chi connectivity index (χ0n) is 13.0. The molecule has 0 aromatic carbocycles. The fourth-order valence-electron chi connectivity index (χ4n) is 3.97. The maximum atomic E-state index is 12.6. The van der Waals surface area contributed by atoms with Crippen LogP contribution in [0.5, 0.6) is 0 Å². The van der Waals surface area contributed by atoms with Gasteiger partial charge in [0.15, 0.2) is 5.58 Å². The van der Waals surface area contributed by atoms with Gasteiger partial charge in [-0.2, -0.15) is 0 Å². The number of rotatable bonds is 2. The van der Waals surface area contributed by atoms with Crippen LogP contribution in [0.1, 0.15) is 36.0 Å². The third-order valence-corrected chi connectivity index (χ3v) is 5.24. The summed E-state index contributed by atoms with van der Waals surface area (Å²) in [6, 6.07) is 4.40. The summed E-state index contributed by atoms with van der Waals surface area (Å²) in [6.07, 6.45) is 4.00. The van der Waals surface area contributed by atoms with E-state index in [-0.39, 0.29) is 11.9 Å². The molecule has 2 aromatic heterocycles. The van der Waals surface area contributed by atoms with Crippen LogP contribution in [0.3, 0.4) is 0 Å². The molecule has 3 aliphatic rings. The summed E-state index contributed by atoms with van der Waals surface area (Å²) in [7, 11) is 0. The number of furan rings is 1. The maximum absolute atomic E-state index is 12.6. The van der Waals surface area contributed by atoms with Crippen molar-refractivity contribution in [2.24, 2.45) is 5.92 Å². The summed E-state index contributed by atoms with van der Waals surface area (Å²) < 4.78 is 5.51. The number of nitrogens with zero attached hydrogens (tertiary/aromatic N) is 2. The van der Waals surface area contributed by atoms with Gasteiger partial charge in [0.2, 0.25) is 0 Å². The molecule has 5 heterocycles. The van der Waals surface area contributed by atoms with Crippen molar-refractivity contribution < 1.29 is 9.21 Å². The molecule has 5 heteroatoms. The lowest BCUT2D eigenvalue weighted by molar-refractivity contribution is 0.0216. The van der Waals surface area contributed by atoms with E-state index in [9.17, 15) is 4.79 Å². The Balaban J connectivity index is 1.55. The Morgan fingerprint density at radius 3 is 2.86 bits per heavy atom. The highest BCUT2D eigenvalue weighted by Gasteiger charge is 2.40. The van der Waals surface area contributed by atoms with Gasteiger partial charge in [0, 0.05) is 17.5 Å². The van der Waals surface area contributed by atoms with Crippen LogP contribution in [-0.4, -0.2) is 41.0 Å². The highest BCUT2D eigenvalue weighted by molar-refractivity contribution is 5.95. The van der Waals surface area contributed by atoms with Crippen molar-refractivity contribution in [3.63, 3.8) is 0 Å². The van der Waals surface area contributed by atoms with Gasteiger partial charge >= 0.3 is 0 Å². The highest BCUT2D eigenvalue weighted by atomic mass is 16.3. The lowest BCUT2D eigenvalue weighted by atomic mass is 9.79. The van der Waals surface area contributed by atoms with E-state index in [1.54, 1.807) is 6.20 Å². The van der Waals surface area contributed by atoms with Crippen LogP contribution in [0.25, 0.3) is 11.0 Å². The van der Waals surface area contributed by atoms with Gasteiger partial charge in [-0.15, -0.1) is 0 Å². The molecular formula is C17H21N3O2. The minimum atomic E-state index is -0.0775. The topological polar surface area (TPSA) is 58.4 Å². The fourth-order valence-corrected chi connectivity index (χ4v) is 3.97. The van der Waals surface area contributed by atoms with Gasteiger partial charge in [0.25, 0.3) is 5.91 Å². The average molecular weight is 299 g/mol. The molecule has 2 aromatic rings. The molecule has 0 aliphatic carbocycles. The van der Waals surface area contributed by atoms with Crippen molar-refractivity contribution in [2.45, 2.75) is 38.8 Å². The zero-order chi connectivity index (χ0) is 15.3. The molecule has 3 saturated heterocycles. The summed E-state index contributed by atoms with van der Waals surface area (Å²) in [6.45, 7) is 6.44. The number of hydrogen-bond acceptors (Lipinski definition) is 4. The second-order valence-corrected chi connectivity index (χ2v) is 6.58. The first kappa shape index (κ1) is 13.8. The normalized spacial score (nSPS) is 30.6. The molecule has 1 N–H and O–H groups in total. The number of amides is 1. The number of hydrogen-bond donors (Lipinski definition) is 1. The standard InChI is InChI=1S/C17H21N3O2/c1-10-7-13-8-14(18-9-15(13)22-10)17(21)19-16-11(2)20-5-3-12(16)4-6-20/h7-9,11-12,16H,3-6H2,1-2H3,(H,19,21). The predicted octanol–water partition coefficient (Wildman–Crippen LogP) is 2.35. The number of nitrogens with one attached hydrogen (secondary N) is 1. The van der Waals surface area contributed by atoms with Crippen molar-refractivity contribution in [1.82, 2.24) is 15.2 Å². The van der Waals surface area contributed by atoms with E-state index < -0.39 is 0 Å². The number of aryl methyl sites for hydroxylation is 1. The molecule has 0 spiro atoms. The third kappa shape index (κ3) is 2.20. The zero-order valence-corrected chi connectivity index (χ0v) is 13.0. The Morgan fingerprint density at radius 2 is 2.14 bits per heavy atom. The molecule has 5 rings (SSSR count). The van der Waals surface area contributed by atoms with Crippen molar-refractivity contribution in [2.75, 3.05) is 13.1 Å². The van der Waals surface area contributed by atoms with Gasteiger partial charge in [0.1, 0.15) is 11.5 Å². The lowest BCUT2D eigenvalue weighted by Crippen LogP contribution is -2.62. The minimum Gasteiger partial charge on any atom is -0.460 e. The Hall–Kier alpha value is -1.88. The molecule has 2 unspecified atom stereocenters. The van der Waals surface area contributed by atoms with Crippen LogP contribution in [0.4, 0.5) is 0 Å². The summed E-state index contributed by atoms with van der Waals surface area (Å²) in [5, 5.41) is 4.14. The van der Waals surface area contributed by atoms with E-state index in [1.165, 1.54) is 12.8 Å². The highest BCUT2D eigenvalue weighted by Crippen LogP contribution is 2.32. The Labute approximate surface area is 129 Å². The molecule has 3 fully saturated rings. The van der Waals surface area contributed by atoms with Crippen LogP contribution in [0, 0.1) is 12.8 Å². The molecule has 2 bridgehead atoms. The SMILES string of the molecule is Cc1cc2cc(C(=O)NC3C4CCN(CC4)C3C)ncc2o1. The van der Waals surface area contributed by atoms with Gasteiger partial charge in [-0.25, -0.2) is 4.98 Å². The van der Waals surface area contributed by atoms with Crippen molar-refractivity contribution in [1.29, 1.82) is 0 Å². The predicted molar refractivity (Wildman–Crippen MR) is 83.8 cm³/mol. The second kappa shape index (κ2) is 5.09. The lowest BCUT2D eigenvalue weighted by Gasteiger charge is -2.49. The van der Waals surface area contributed by atoms with Crippen LogP contribution in [0.15, 0.2) is 22.7 Å². The first-order valence-electron chi connectivity index (χ1n) is 8.03. The van der Waals surface area contributed by atoms with E-state index >= 15 is 0 Å². The molecule has 0 saturated carbocycles. The van der Waals surface area contributed by atoms with Gasteiger partial charge in [-0.3, -0.25) is 9.69 Å². The number of pyridine rings is 1. The Morgan fingerprint density at radius 1 is 1.36 bits per heavy atom. The van der Waals surface area contributed by atoms with E-state index in [2.05, 4.69) is 22.1 Å². The largest absolute Gasteiger partial charge is 0.460 e. The second-order valence-electron chi connectivity index (χ2n) is 6.58. The Kier molecular flexibility index (Phi) is 3.18. The van der Waals surface area contributed by atoms with Crippen molar-refractivity contribution in [3.05, 3.63) is 29.8 Å². The van der Waals surface area contributed by atoms with E-state index in [4.69, 9.17) is 4.42 Å². The van der Waals surface area contributed by atoms with Crippen LogP contribution in [0.2, 0.25) is 0 Å². The number of fused-ring (bicyclic) bond motifs is 4. The van der Waals surface area contributed by atoms with Crippen LogP contribution in [-0.2, 0) is 0 Å². The Bertz CT molecular complexity index is 714. The molecule has 5 nitrogen and oxygen atoms in total. The van der Waals surface area contributed by atoms with Crippen molar-refractivity contribution >= 4 is 16.9 Å². The molecule has 2 atom stereocenters. The van der Waals surface area contributed by atoms with Gasteiger partial charge < -0.3 is 9.73 Å². The summed E-state index contributed by atoms with van der Waals surface area (Å²) in [5.74, 6) is 1.36. The summed E-state index contributed by atoms with van der Waals surface area (Å²) in [5.41, 5.74) is 1.20. The number of piperidine rings is 3.